The van der Waals surface area contributed by atoms with Crippen molar-refractivity contribution >= 4 is 5.97 Å². The zero-order valence-electron chi connectivity index (χ0n) is 11.3. The Balaban J connectivity index is 1.71. The van der Waals surface area contributed by atoms with E-state index < -0.39 is 5.97 Å². The number of ether oxygens (including phenoxy) is 1. The number of carbonyl (C=O) groups is 1. The molecule has 1 N–H and O–H groups in total. The van der Waals surface area contributed by atoms with Gasteiger partial charge >= 0.3 is 5.97 Å². The van der Waals surface area contributed by atoms with Gasteiger partial charge in [0.15, 0.2) is 0 Å². The SMILES string of the molecule is O=C(O)CCCCCOC1CCCc2ccccc21. The van der Waals surface area contributed by atoms with Crippen LogP contribution in [0.4, 0.5) is 0 Å². The molecule has 0 heterocycles. The van der Waals surface area contributed by atoms with Crippen LogP contribution in [0, 0.1) is 0 Å². The molecule has 1 aromatic rings. The Morgan fingerprint density at radius 1 is 1.26 bits per heavy atom. The summed E-state index contributed by atoms with van der Waals surface area (Å²) in [6.07, 6.45) is 6.60. The third-order valence-electron chi connectivity index (χ3n) is 3.67. The van der Waals surface area contributed by atoms with E-state index in [1.165, 1.54) is 17.5 Å². The fraction of sp³-hybridized carbons (Fsp3) is 0.562. The highest BCUT2D eigenvalue weighted by Crippen LogP contribution is 2.32. The first-order chi connectivity index (χ1) is 9.27. The van der Waals surface area contributed by atoms with Crippen molar-refractivity contribution in [3.8, 4) is 0 Å². The minimum atomic E-state index is -0.706. The highest BCUT2D eigenvalue weighted by molar-refractivity contribution is 5.66. The molecule has 0 fully saturated rings. The normalized spacial score (nSPS) is 18.0. The number of hydrogen-bond donors (Lipinski definition) is 1. The van der Waals surface area contributed by atoms with Gasteiger partial charge < -0.3 is 9.84 Å². The Morgan fingerprint density at radius 3 is 2.95 bits per heavy atom. The number of unbranched alkanes of at least 4 members (excludes halogenated alkanes) is 2. The average molecular weight is 262 g/mol. The van der Waals surface area contributed by atoms with E-state index in [0.717, 1.165) is 38.7 Å². The van der Waals surface area contributed by atoms with Gasteiger partial charge in [-0.05, 0) is 43.2 Å². The first-order valence-corrected chi connectivity index (χ1v) is 7.18. The Kier molecular flexibility index (Phi) is 5.40. The Hall–Kier alpha value is -1.35. The van der Waals surface area contributed by atoms with Gasteiger partial charge in [0.25, 0.3) is 0 Å². The van der Waals surface area contributed by atoms with Crippen molar-refractivity contribution < 1.29 is 14.6 Å². The molecular weight excluding hydrogens is 240 g/mol. The van der Waals surface area contributed by atoms with Crippen LogP contribution in [0.2, 0.25) is 0 Å². The molecular formula is C16H22O3. The van der Waals surface area contributed by atoms with Crippen LogP contribution in [0.25, 0.3) is 0 Å². The number of benzene rings is 1. The number of carboxylic acid groups (broad SMARTS) is 1. The van der Waals surface area contributed by atoms with E-state index in [2.05, 4.69) is 24.3 Å². The highest BCUT2D eigenvalue weighted by atomic mass is 16.5. The molecule has 1 atom stereocenters. The van der Waals surface area contributed by atoms with Gasteiger partial charge in [0.1, 0.15) is 0 Å². The summed E-state index contributed by atoms with van der Waals surface area (Å²) in [5.74, 6) is -0.706. The van der Waals surface area contributed by atoms with Crippen molar-refractivity contribution in [1.82, 2.24) is 0 Å². The Morgan fingerprint density at radius 2 is 2.11 bits per heavy atom. The van der Waals surface area contributed by atoms with Crippen LogP contribution in [-0.4, -0.2) is 17.7 Å². The summed E-state index contributed by atoms with van der Waals surface area (Å²) in [7, 11) is 0. The lowest BCUT2D eigenvalue weighted by Gasteiger charge is -2.25. The van der Waals surface area contributed by atoms with E-state index in [9.17, 15) is 4.79 Å². The first kappa shape index (κ1) is 14.1. The maximum atomic E-state index is 10.4. The molecule has 1 unspecified atom stereocenters. The van der Waals surface area contributed by atoms with Gasteiger partial charge in [-0.1, -0.05) is 30.7 Å². The number of hydrogen-bond acceptors (Lipinski definition) is 2. The molecule has 3 nitrogen and oxygen atoms in total. The lowest BCUT2D eigenvalue weighted by Crippen LogP contribution is -2.13. The molecule has 0 saturated carbocycles. The number of aliphatic carboxylic acids is 1. The van der Waals surface area contributed by atoms with Crippen LogP contribution >= 0.6 is 0 Å². The molecule has 1 aliphatic carbocycles. The lowest BCUT2D eigenvalue weighted by molar-refractivity contribution is -0.137. The fourth-order valence-corrected chi connectivity index (χ4v) is 2.66. The molecule has 0 bridgehead atoms. The van der Waals surface area contributed by atoms with Crippen LogP contribution in [0.3, 0.4) is 0 Å². The number of aryl methyl sites for hydroxylation is 1. The van der Waals surface area contributed by atoms with Crippen molar-refractivity contribution in [2.45, 2.75) is 51.0 Å². The Labute approximate surface area is 114 Å². The monoisotopic (exact) mass is 262 g/mol. The van der Waals surface area contributed by atoms with Gasteiger partial charge in [-0.2, -0.15) is 0 Å². The quantitative estimate of drug-likeness (QED) is 0.762. The molecule has 0 radical (unpaired) electrons. The molecule has 104 valence electrons. The van der Waals surface area contributed by atoms with Gasteiger partial charge in [-0.25, -0.2) is 0 Å². The van der Waals surface area contributed by atoms with Crippen LogP contribution in [-0.2, 0) is 16.0 Å². The predicted octanol–water partition coefficient (Wildman–Crippen LogP) is 3.73. The van der Waals surface area contributed by atoms with Gasteiger partial charge in [0.2, 0.25) is 0 Å². The molecule has 0 spiro atoms. The topological polar surface area (TPSA) is 46.5 Å². The second kappa shape index (κ2) is 7.29. The molecule has 0 aromatic heterocycles. The van der Waals surface area contributed by atoms with Crippen molar-refractivity contribution in [1.29, 1.82) is 0 Å². The minimum Gasteiger partial charge on any atom is -0.481 e. The number of rotatable bonds is 7. The van der Waals surface area contributed by atoms with Crippen molar-refractivity contribution in [2.24, 2.45) is 0 Å². The zero-order chi connectivity index (χ0) is 13.5. The third-order valence-corrected chi connectivity index (χ3v) is 3.67. The summed E-state index contributed by atoms with van der Waals surface area (Å²) >= 11 is 0. The van der Waals surface area contributed by atoms with Gasteiger partial charge in [0.05, 0.1) is 6.10 Å². The molecule has 0 amide bonds. The second-order valence-corrected chi connectivity index (χ2v) is 5.15. The van der Waals surface area contributed by atoms with E-state index in [1.807, 2.05) is 0 Å². The predicted molar refractivity (Wildman–Crippen MR) is 74.2 cm³/mol. The van der Waals surface area contributed by atoms with Crippen molar-refractivity contribution in [2.75, 3.05) is 6.61 Å². The van der Waals surface area contributed by atoms with Crippen LogP contribution in [0.15, 0.2) is 24.3 Å². The molecule has 1 aromatic carbocycles. The van der Waals surface area contributed by atoms with Gasteiger partial charge in [0, 0.05) is 13.0 Å². The number of fused-ring (bicyclic) bond motifs is 1. The Bertz CT molecular complexity index is 414. The summed E-state index contributed by atoms with van der Waals surface area (Å²) in [5, 5.41) is 8.55. The number of carboxylic acids is 1. The molecule has 0 saturated heterocycles. The lowest BCUT2D eigenvalue weighted by atomic mass is 9.89. The molecule has 19 heavy (non-hydrogen) atoms. The molecule has 1 aliphatic rings. The summed E-state index contributed by atoms with van der Waals surface area (Å²) < 4.78 is 5.97. The van der Waals surface area contributed by atoms with E-state index in [4.69, 9.17) is 9.84 Å². The van der Waals surface area contributed by atoms with E-state index >= 15 is 0 Å². The van der Waals surface area contributed by atoms with Crippen LogP contribution in [0.5, 0.6) is 0 Å². The maximum Gasteiger partial charge on any atom is 0.303 e. The summed E-state index contributed by atoms with van der Waals surface area (Å²) in [6, 6.07) is 8.53. The highest BCUT2D eigenvalue weighted by Gasteiger charge is 2.19. The van der Waals surface area contributed by atoms with Crippen LogP contribution < -0.4 is 0 Å². The van der Waals surface area contributed by atoms with Crippen LogP contribution in [0.1, 0.15) is 55.8 Å². The van der Waals surface area contributed by atoms with Gasteiger partial charge in [-0.3, -0.25) is 4.79 Å². The summed E-state index contributed by atoms with van der Waals surface area (Å²) in [5.41, 5.74) is 2.77. The fourth-order valence-electron chi connectivity index (χ4n) is 2.66. The van der Waals surface area contributed by atoms with E-state index in [0.29, 0.717) is 0 Å². The summed E-state index contributed by atoms with van der Waals surface area (Å²) in [4.78, 5) is 10.4. The van der Waals surface area contributed by atoms with Crippen molar-refractivity contribution in [3.05, 3.63) is 35.4 Å². The molecule has 3 heteroatoms. The smallest absolute Gasteiger partial charge is 0.303 e. The van der Waals surface area contributed by atoms with E-state index in [1.54, 1.807) is 0 Å². The zero-order valence-corrected chi connectivity index (χ0v) is 11.3. The second-order valence-electron chi connectivity index (χ2n) is 5.15. The first-order valence-electron chi connectivity index (χ1n) is 7.18. The summed E-state index contributed by atoms with van der Waals surface area (Å²) in [6.45, 7) is 0.735. The maximum absolute atomic E-state index is 10.4. The van der Waals surface area contributed by atoms with Gasteiger partial charge in [-0.15, -0.1) is 0 Å². The largest absolute Gasteiger partial charge is 0.481 e. The standard InChI is InChI=1S/C16H22O3/c17-16(18)11-2-1-5-12-19-15-10-6-8-13-7-3-4-9-14(13)15/h3-4,7,9,15H,1-2,5-6,8,10-12H2,(H,17,18). The van der Waals surface area contributed by atoms with E-state index in [-0.39, 0.29) is 12.5 Å². The van der Waals surface area contributed by atoms with Crippen molar-refractivity contribution in [3.63, 3.8) is 0 Å². The molecule has 0 aliphatic heterocycles. The molecule has 2 rings (SSSR count). The minimum absolute atomic E-state index is 0.240. The third kappa shape index (κ3) is 4.35. The average Bonchev–Trinajstić information content (AvgIpc) is 2.42.